The number of benzene rings is 2. The van der Waals surface area contributed by atoms with Gasteiger partial charge in [0.1, 0.15) is 17.6 Å². The molecule has 0 atom stereocenters. The number of halogens is 1. The van der Waals surface area contributed by atoms with Crippen LogP contribution in [0.3, 0.4) is 0 Å². The average Bonchev–Trinajstić information content (AvgIpc) is 3.08. The Bertz CT molecular complexity index is 956. The van der Waals surface area contributed by atoms with Crippen molar-refractivity contribution < 1.29 is 13.5 Å². The second-order valence-electron chi connectivity index (χ2n) is 5.40. The molecule has 0 aliphatic carbocycles. The van der Waals surface area contributed by atoms with Gasteiger partial charge in [0.2, 0.25) is 17.5 Å². The Morgan fingerprint density at radius 3 is 2.69 bits per heavy atom. The molecule has 0 bridgehead atoms. The van der Waals surface area contributed by atoms with Crippen LogP contribution in [0.5, 0.6) is 5.75 Å². The largest absolute Gasteiger partial charge is 0.496 e. The summed E-state index contributed by atoms with van der Waals surface area (Å²) in [5, 5.41) is 12.2. The Morgan fingerprint density at radius 1 is 1.19 bits per heavy atom. The molecule has 0 radical (unpaired) electrons. The van der Waals surface area contributed by atoms with Crippen molar-refractivity contribution in [2.24, 2.45) is 0 Å². The molecule has 0 spiro atoms. The van der Waals surface area contributed by atoms with Gasteiger partial charge in [0.25, 0.3) is 0 Å². The summed E-state index contributed by atoms with van der Waals surface area (Å²) in [5.41, 5.74) is 1.89. The molecular formula is C20H16FN3O2. The van der Waals surface area contributed by atoms with Gasteiger partial charge in [0.15, 0.2) is 0 Å². The smallest absolute Gasteiger partial charge is 0.232 e. The van der Waals surface area contributed by atoms with E-state index < -0.39 is 0 Å². The summed E-state index contributed by atoms with van der Waals surface area (Å²) in [6, 6.07) is 15.6. The fourth-order valence-corrected chi connectivity index (χ4v) is 2.35. The lowest BCUT2D eigenvalue weighted by Gasteiger charge is -2.03. The molecule has 2 aromatic carbocycles. The van der Waals surface area contributed by atoms with Gasteiger partial charge in [0.05, 0.1) is 7.11 Å². The molecule has 3 aromatic rings. The molecule has 0 saturated heterocycles. The van der Waals surface area contributed by atoms with E-state index in [1.165, 1.54) is 12.1 Å². The minimum Gasteiger partial charge on any atom is -0.496 e. The average molecular weight is 349 g/mol. The van der Waals surface area contributed by atoms with Crippen molar-refractivity contribution in [1.82, 2.24) is 4.98 Å². The third kappa shape index (κ3) is 4.08. The number of nitriles is 1. The molecule has 0 aliphatic rings. The SMILES string of the molecule is COc1ccccc1/C=C/c1nc(C#N)c(NCc2ccc(F)cc2)o1. The normalized spacial score (nSPS) is 10.7. The number of nitrogens with zero attached hydrogens (tertiary/aromatic N) is 2. The number of aromatic nitrogens is 1. The van der Waals surface area contributed by atoms with Gasteiger partial charge in [-0.15, -0.1) is 0 Å². The van der Waals surface area contributed by atoms with E-state index in [1.807, 2.05) is 30.3 Å². The number of oxazole rings is 1. The Morgan fingerprint density at radius 2 is 1.96 bits per heavy atom. The number of nitrogens with one attached hydrogen (secondary N) is 1. The van der Waals surface area contributed by atoms with Gasteiger partial charge in [-0.1, -0.05) is 30.3 Å². The molecule has 1 heterocycles. The topological polar surface area (TPSA) is 71.1 Å². The molecule has 3 rings (SSSR count). The standard InChI is InChI=1S/C20H16FN3O2/c1-25-18-5-3-2-4-15(18)8-11-19-24-17(12-22)20(26-19)23-13-14-6-9-16(21)10-7-14/h2-11,23H,13H2,1H3/b11-8+. The van der Waals surface area contributed by atoms with Gasteiger partial charge in [-0.25, -0.2) is 4.39 Å². The molecule has 0 saturated carbocycles. The molecule has 26 heavy (non-hydrogen) atoms. The van der Waals surface area contributed by atoms with Crippen molar-refractivity contribution in [3.05, 3.63) is 77.1 Å². The first kappa shape index (κ1) is 17.2. The summed E-state index contributed by atoms with van der Waals surface area (Å²) in [7, 11) is 1.60. The maximum atomic E-state index is 12.9. The van der Waals surface area contributed by atoms with E-state index in [1.54, 1.807) is 31.4 Å². The summed E-state index contributed by atoms with van der Waals surface area (Å²) in [4.78, 5) is 4.15. The maximum Gasteiger partial charge on any atom is 0.232 e. The van der Waals surface area contributed by atoms with Crippen molar-refractivity contribution in [1.29, 1.82) is 5.26 Å². The molecule has 0 unspecified atom stereocenters. The predicted octanol–water partition coefficient (Wildman–Crippen LogP) is 4.48. The van der Waals surface area contributed by atoms with E-state index >= 15 is 0 Å². The van der Waals surface area contributed by atoms with Gasteiger partial charge in [-0.3, -0.25) is 0 Å². The van der Waals surface area contributed by atoms with Crippen molar-refractivity contribution in [3.8, 4) is 11.8 Å². The second-order valence-corrected chi connectivity index (χ2v) is 5.40. The van der Waals surface area contributed by atoms with E-state index in [-0.39, 0.29) is 17.4 Å². The zero-order valence-corrected chi connectivity index (χ0v) is 14.1. The van der Waals surface area contributed by atoms with Crippen molar-refractivity contribution in [2.45, 2.75) is 6.54 Å². The minimum absolute atomic E-state index is 0.159. The van der Waals surface area contributed by atoms with Crippen LogP contribution in [0.25, 0.3) is 12.2 Å². The van der Waals surface area contributed by atoms with Gasteiger partial charge in [-0.05, 0) is 29.8 Å². The Hall–Kier alpha value is -3.59. The first-order valence-corrected chi connectivity index (χ1v) is 7.90. The van der Waals surface area contributed by atoms with Gasteiger partial charge >= 0.3 is 0 Å². The van der Waals surface area contributed by atoms with Gasteiger partial charge in [0, 0.05) is 18.2 Å². The van der Waals surface area contributed by atoms with Crippen LogP contribution in [-0.4, -0.2) is 12.1 Å². The van der Waals surface area contributed by atoms with Gasteiger partial charge < -0.3 is 14.5 Å². The van der Waals surface area contributed by atoms with Crippen LogP contribution in [0.2, 0.25) is 0 Å². The highest BCUT2D eigenvalue weighted by atomic mass is 19.1. The third-order valence-electron chi connectivity index (χ3n) is 3.66. The predicted molar refractivity (Wildman–Crippen MR) is 96.9 cm³/mol. The zero-order chi connectivity index (χ0) is 18.4. The molecule has 0 fully saturated rings. The first-order chi connectivity index (χ1) is 12.7. The van der Waals surface area contributed by atoms with Crippen molar-refractivity contribution >= 4 is 18.0 Å². The van der Waals surface area contributed by atoms with E-state index in [0.717, 1.165) is 16.9 Å². The molecule has 6 heteroatoms. The quantitative estimate of drug-likeness (QED) is 0.710. The molecule has 0 amide bonds. The van der Waals surface area contributed by atoms with Crippen LogP contribution in [0.4, 0.5) is 10.3 Å². The third-order valence-corrected chi connectivity index (χ3v) is 3.66. The van der Waals surface area contributed by atoms with Crippen molar-refractivity contribution in [3.63, 3.8) is 0 Å². The number of ether oxygens (including phenoxy) is 1. The highest BCUT2D eigenvalue weighted by Gasteiger charge is 2.11. The summed E-state index contributed by atoms with van der Waals surface area (Å²) >= 11 is 0. The van der Waals surface area contributed by atoms with Crippen LogP contribution in [-0.2, 0) is 6.54 Å². The van der Waals surface area contributed by atoms with E-state index in [0.29, 0.717) is 12.4 Å². The molecule has 5 nitrogen and oxygen atoms in total. The number of para-hydroxylation sites is 1. The van der Waals surface area contributed by atoms with Crippen LogP contribution < -0.4 is 10.1 Å². The number of rotatable bonds is 6. The molecule has 1 aromatic heterocycles. The Labute approximate surface area is 150 Å². The fraction of sp³-hybridized carbons (Fsp3) is 0.100. The van der Waals surface area contributed by atoms with Crippen LogP contribution >= 0.6 is 0 Å². The molecule has 130 valence electrons. The fourth-order valence-electron chi connectivity index (χ4n) is 2.35. The summed E-state index contributed by atoms with van der Waals surface area (Å²) < 4.78 is 23.8. The van der Waals surface area contributed by atoms with E-state index in [4.69, 9.17) is 9.15 Å². The highest BCUT2D eigenvalue weighted by molar-refractivity contribution is 5.70. The number of hydrogen-bond acceptors (Lipinski definition) is 5. The number of anilines is 1. The summed E-state index contributed by atoms with van der Waals surface area (Å²) in [6.07, 6.45) is 3.47. The molecular weight excluding hydrogens is 333 g/mol. The lowest BCUT2D eigenvalue weighted by molar-refractivity contribution is 0.414. The monoisotopic (exact) mass is 349 g/mol. The highest BCUT2D eigenvalue weighted by Crippen LogP contribution is 2.22. The lowest BCUT2D eigenvalue weighted by Crippen LogP contribution is -1.99. The van der Waals surface area contributed by atoms with Crippen LogP contribution in [0, 0.1) is 17.1 Å². The van der Waals surface area contributed by atoms with Crippen LogP contribution in [0.15, 0.2) is 52.9 Å². The summed E-state index contributed by atoms with van der Waals surface area (Å²) in [6.45, 7) is 0.389. The first-order valence-electron chi connectivity index (χ1n) is 7.90. The number of hydrogen-bond donors (Lipinski definition) is 1. The second kappa shape index (κ2) is 7.99. The Balaban J connectivity index is 1.75. The zero-order valence-electron chi connectivity index (χ0n) is 14.1. The maximum absolute atomic E-state index is 12.9. The minimum atomic E-state index is -0.296. The lowest BCUT2D eigenvalue weighted by atomic mass is 10.2. The summed E-state index contributed by atoms with van der Waals surface area (Å²) in [5.74, 6) is 1.01. The van der Waals surface area contributed by atoms with Crippen LogP contribution in [0.1, 0.15) is 22.7 Å². The number of methoxy groups -OCH3 is 1. The Kier molecular flexibility index (Phi) is 5.30. The molecule has 1 N–H and O–H groups in total. The van der Waals surface area contributed by atoms with Gasteiger partial charge in [-0.2, -0.15) is 10.2 Å². The van der Waals surface area contributed by atoms with E-state index in [2.05, 4.69) is 10.3 Å². The molecule has 0 aliphatic heterocycles. The van der Waals surface area contributed by atoms with Crippen molar-refractivity contribution in [2.75, 3.05) is 12.4 Å². The van der Waals surface area contributed by atoms with E-state index in [9.17, 15) is 9.65 Å².